The number of hydrogen-bond donors (Lipinski definition) is 2. The molecule has 2 amide bonds. The molecular formula is C19H34N2O2. The monoisotopic (exact) mass is 322 g/mol. The van der Waals surface area contributed by atoms with E-state index in [0.717, 1.165) is 25.7 Å². The minimum absolute atomic E-state index is 0.0461. The van der Waals surface area contributed by atoms with Gasteiger partial charge in [0.25, 0.3) is 0 Å². The second-order valence-corrected chi connectivity index (χ2v) is 10.3. The molecule has 4 heteroatoms. The largest absolute Gasteiger partial charge is 0.353 e. The Kier molecular flexibility index (Phi) is 4.85. The molecule has 0 aromatic heterocycles. The van der Waals surface area contributed by atoms with Crippen molar-refractivity contribution in [2.45, 2.75) is 92.2 Å². The van der Waals surface area contributed by atoms with Gasteiger partial charge in [0.15, 0.2) is 0 Å². The molecular weight excluding hydrogens is 288 g/mol. The quantitative estimate of drug-likeness (QED) is 0.833. The maximum Gasteiger partial charge on any atom is 0.220 e. The summed E-state index contributed by atoms with van der Waals surface area (Å²) >= 11 is 0. The zero-order valence-electron chi connectivity index (χ0n) is 15.7. The van der Waals surface area contributed by atoms with Crippen LogP contribution in [0.1, 0.15) is 80.1 Å². The van der Waals surface area contributed by atoms with Gasteiger partial charge in [-0.15, -0.1) is 0 Å². The molecule has 0 heterocycles. The number of carbonyl (C=O) groups is 2. The molecule has 0 unspecified atom stereocenters. The highest BCUT2D eigenvalue weighted by atomic mass is 16.2. The molecule has 2 N–H and O–H groups in total. The Morgan fingerprint density at radius 1 is 0.783 bits per heavy atom. The highest BCUT2D eigenvalue weighted by Crippen LogP contribution is 2.56. The van der Waals surface area contributed by atoms with Crippen LogP contribution in [-0.2, 0) is 9.59 Å². The first-order valence-electron chi connectivity index (χ1n) is 8.95. The molecule has 2 fully saturated rings. The Labute approximate surface area is 141 Å². The number of hydrogen-bond acceptors (Lipinski definition) is 2. The van der Waals surface area contributed by atoms with E-state index in [1.807, 2.05) is 0 Å². The normalized spacial score (nSPS) is 30.3. The van der Waals surface area contributed by atoms with E-state index in [-0.39, 0.29) is 22.6 Å². The molecule has 2 aliphatic carbocycles. The summed E-state index contributed by atoms with van der Waals surface area (Å²) in [6.45, 7) is 12.5. The van der Waals surface area contributed by atoms with Gasteiger partial charge < -0.3 is 10.6 Å². The summed E-state index contributed by atoms with van der Waals surface area (Å²) in [6, 6.07) is 0.687. The lowest BCUT2D eigenvalue weighted by Gasteiger charge is -2.58. The van der Waals surface area contributed by atoms with E-state index in [9.17, 15) is 9.59 Å². The highest BCUT2D eigenvalue weighted by Gasteiger charge is 2.53. The van der Waals surface area contributed by atoms with Gasteiger partial charge in [-0.2, -0.15) is 0 Å². The van der Waals surface area contributed by atoms with Crippen molar-refractivity contribution in [2.24, 2.45) is 16.2 Å². The van der Waals surface area contributed by atoms with Crippen molar-refractivity contribution < 1.29 is 9.59 Å². The van der Waals surface area contributed by atoms with Gasteiger partial charge in [0.1, 0.15) is 0 Å². The van der Waals surface area contributed by atoms with Gasteiger partial charge in [-0.3, -0.25) is 9.59 Å². The van der Waals surface area contributed by atoms with Gasteiger partial charge in [0.2, 0.25) is 11.8 Å². The molecule has 4 nitrogen and oxygen atoms in total. The van der Waals surface area contributed by atoms with Crippen LogP contribution in [0.5, 0.6) is 0 Å². The lowest BCUT2D eigenvalue weighted by atomic mass is 9.52. The minimum atomic E-state index is 0.0461. The Hall–Kier alpha value is -1.06. The molecule has 2 rings (SSSR count). The predicted octanol–water partition coefficient (Wildman–Crippen LogP) is 3.40. The SMILES string of the molecule is CC(C)(C)CC(=O)NC1CC2(C1)CC(NC(=O)CC(C)(C)C)C2. The summed E-state index contributed by atoms with van der Waals surface area (Å²) in [5.41, 5.74) is 0.480. The lowest BCUT2D eigenvalue weighted by molar-refractivity contribution is -0.128. The summed E-state index contributed by atoms with van der Waals surface area (Å²) in [5, 5.41) is 6.31. The average Bonchev–Trinajstić information content (AvgIpc) is 2.17. The van der Waals surface area contributed by atoms with Crippen molar-refractivity contribution in [3.63, 3.8) is 0 Å². The van der Waals surface area contributed by atoms with Crippen LogP contribution in [0, 0.1) is 16.2 Å². The van der Waals surface area contributed by atoms with Gasteiger partial charge in [0, 0.05) is 24.9 Å². The van der Waals surface area contributed by atoms with Crippen molar-refractivity contribution in [1.82, 2.24) is 10.6 Å². The van der Waals surface area contributed by atoms with Crippen LogP contribution in [0.2, 0.25) is 0 Å². The van der Waals surface area contributed by atoms with Gasteiger partial charge in [-0.05, 0) is 41.9 Å². The molecule has 1 spiro atoms. The van der Waals surface area contributed by atoms with Crippen LogP contribution in [0.25, 0.3) is 0 Å². The molecule has 0 aliphatic heterocycles. The predicted molar refractivity (Wildman–Crippen MR) is 92.9 cm³/mol. The number of rotatable bonds is 4. The van der Waals surface area contributed by atoms with Gasteiger partial charge >= 0.3 is 0 Å². The van der Waals surface area contributed by atoms with Crippen LogP contribution < -0.4 is 10.6 Å². The van der Waals surface area contributed by atoms with Crippen molar-refractivity contribution in [3.8, 4) is 0 Å². The smallest absolute Gasteiger partial charge is 0.220 e. The van der Waals surface area contributed by atoms with Crippen molar-refractivity contribution >= 4 is 11.8 Å². The fourth-order valence-corrected chi connectivity index (χ4v) is 4.03. The maximum atomic E-state index is 12.0. The Morgan fingerprint density at radius 2 is 1.09 bits per heavy atom. The molecule has 0 saturated heterocycles. The number of nitrogens with one attached hydrogen (secondary N) is 2. The van der Waals surface area contributed by atoms with Crippen LogP contribution in [-0.4, -0.2) is 23.9 Å². The standard InChI is InChI=1S/C19H34N2O2/c1-17(2,3)11-15(22)20-13-7-19(8-13)9-14(10-19)21-16(23)12-18(4,5)6/h13-14H,7-12H2,1-6H3,(H,20,22)(H,21,23). The van der Waals surface area contributed by atoms with E-state index >= 15 is 0 Å². The van der Waals surface area contributed by atoms with Crippen LogP contribution in [0.3, 0.4) is 0 Å². The Bertz CT molecular complexity index is 411. The maximum absolute atomic E-state index is 12.0. The van der Waals surface area contributed by atoms with Gasteiger partial charge in [0.05, 0.1) is 0 Å². The van der Waals surface area contributed by atoms with Crippen molar-refractivity contribution in [3.05, 3.63) is 0 Å². The second kappa shape index (κ2) is 6.10. The van der Waals surface area contributed by atoms with E-state index in [2.05, 4.69) is 52.2 Å². The fourth-order valence-electron chi connectivity index (χ4n) is 4.03. The average molecular weight is 322 g/mol. The number of carbonyl (C=O) groups excluding carboxylic acids is 2. The third-order valence-corrected chi connectivity index (χ3v) is 4.83. The zero-order valence-corrected chi connectivity index (χ0v) is 15.7. The van der Waals surface area contributed by atoms with Crippen molar-refractivity contribution in [1.29, 1.82) is 0 Å². The summed E-state index contributed by atoms with van der Waals surface area (Å²) in [6.07, 6.45) is 5.48. The summed E-state index contributed by atoms with van der Waals surface area (Å²) in [7, 11) is 0. The van der Waals surface area contributed by atoms with Crippen LogP contribution >= 0.6 is 0 Å². The zero-order chi connectivity index (χ0) is 17.5. The summed E-state index contributed by atoms with van der Waals surface area (Å²) < 4.78 is 0. The third-order valence-electron chi connectivity index (χ3n) is 4.83. The van der Waals surface area contributed by atoms with E-state index in [4.69, 9.17) is 0 Å². The van der Waals surface area contributed by atoms with Crippen molar-refractivity contribution in [2.75, 3.05) is 0 Å². The first-order valence-corrected chi connectivity index (χ1v) is 8.95. The first kappa shape index (κ1) is 18.3. The first-order chi connectivity index (χ1) is 10.4. The summed E-state index contributed by atoms with van der Waals surface area (Å²) in [4.78, 5) is 23.9. The van der Waals surface area contributed by atoms with E-state index < -0.39 is 0 Å². The molecule has 2 aliphatic rings. The molecule has 0 atom stereocenters. The lowest BCUT2D eigenvalue weighted by Crippen LogP contribution is -2.61. The van der Waals surface area contributed by atoms with Crippen LogP contribution in [0.4, 0.5) is 0 Å². The van der Waals surface area contributed by atoms with E-state index in [0.29, 0.717) is 30.3 Å². The molecule has 132 valence electrons. The molecule has 0 bridgehead atoms. The van der Waals surface area contributed by atoms with Gasteiger partial charge in [-0.25, -0.2) is 0 Å². The second-order valence-electron chi connectivity index (χ2n) is 10.3. The highest BCUT2D eigenvalue weighted by molar-refractivity contribution is 5.77. The molecule has 0 aromatic rings. The topological polar surface area (TPSA) is 58.2 Å². The van der Waals surface area contributed by atoms with E-state index in [1.54, 1.807) is 0 Å². The third kappa shape index (κ3) is 5.50. The number of amides is 2. The Morgan fingerprint density at radius 3 is 1.35 bits per heavy atom. The molecule has 23 heavy (non-hydrogen) atoms. The van der Waals surface area contributed by atoms with Crippen LogP contribution in [0.15, 0.2) is 0 Å². The Balaban J connectivity index is 1.64. The van der Waals surface area contributed by atoms with Gasteiger partial charge in [-0.1, -0.05) is 41.5 Å². The van der Waals surface area contributed by atoms with E-state index in [1.165, 1.54) is 0 Å². The minimum Gasteiger partial charge on any atom is -0.353 e. The molecule has 2 saturated carbocycles. The summed E-state index contributed by atoms with van der Waals surface area (Å²) in [5.74, 6) is 0.346. The molecule has 0 aromatic carbocycles. The fraction of sp³-hybridized carbons (Fsp3) is 0.895. The molecule has 0 radical (unpaired) electrons.